The van der Waals surface area contributed by atoms with Gasteiger partial charge in [0.15, 0.2) is 0 Å². The summed E-state index contributed by atoms with van der Waals surface area (Å²) < 4.78 is 10.5. The lowest BCUT2D eigenvalue weighted by Gasteiger charge is -2.33. The fourth-order valence-corrected chi connectivity index (χ4v) is 3.65. The number of benzene rings is 2. The van der Waals surface area contributed by atoms with Crippen molar-refractivity contribution >= 4 is 29.5 Å². The van der Waals surface area contributed by atoms with E-state index in [0.717, 1.165) is 0 Å². The molecule has 0 spiro atoms. The number of rotatable bonds is 11. The van der Waals surface area contributed by atoms with E-state index in [9.17, 15) is 19.2 Å². The number of anilines is 1. The Hall–Kier alpha value is -4.08. The molecule has 0 saturated heterocycles. The number of amides is 4. The van der Waals surface area contributed by atoms with Gasteiger partial charge in [-0.25, -0.2) is 4.79 Å². The van der Waals surface area contributed by atoms with Crippen molar-refractivity contribution in [1.29, 1.82) is 0 Å². The van der Waals surface area contributed by atoms with Gasteiger partial charge in [-0.15, -0.1) is 0 Å². The zero-order valence-electron chi connectivity index (χ0n) is 21.9. The number of hydrogen-bond donors (Lipinski definition) is 3. The van der Waals surface area contributed by atoms with Crippen molar-refractivity contribution in [3.05, 3.63) is 60.2 Å². The van der Waals surface area contributed by atoms with Gasteiger partial charge in [0.25, 0.3) is 5.91 Å². The molecule has 0 aliphatic heterocycles. The normalized spacial score (nSPS) is 12.6. The molecule has 0 radical (unpaired) electrons. The number of likely N-dealkylation sites (N-methyl/N-ethyl adjacent to an activating group) is 1. The Balaban J connectivity index is 2.39. The standard InChI is InChI=1S/C27H36N4O6/c1-6-31(25(34)21(16-17-22(28)32)30-26(35)37-27(2,3)4)23(18-10-8-7-9-11-18)24(33)29-19-12-14-20(36-5)15-13-19/h7-15,21,23H,6,16-17H2,1-5H3,(H2,28,32)(H,29,33)(H,30,35). The van der Waals surface area contributed by atoms with Crippen molar-refractivity contribution in [3.8, 4) is 5.75 Å². The number of nitrogens with zero attached hydrogens (tertiary/aromatic N) is 1. The van der Waals surface area contributed by atoms with E-state index in [2.05, 4.69) is 10.6 Å². The first kappa shape index (κ1) is 29.2. The Bertz CT molecular complexity index is 1070. The molecule has 2 rings (SSSR count). The molecule has 0 saturated carbocycles. The predicted octanol–water partition coefficient (Wildman–Crippen LogP) is 3.38. The molecule has 0 fully saturated rings. The molecule has 200 valence electrons. The van der Waals surface area contributed by atoms with Crippen LogP contribution in [-0.4, -0.2) is 54.0 Å². The van der Waals surface area contributed by atoms with Crippen LogP contribution < -0.4 is 21.1 Å². The van der Waals surface area contributed by atoms with Crippen LogP contribution >= 0.6 is 0 Å². The molecule has 2 atom stereocenters. The molecule has 2 unspecified atom stereocenters. The number of methoxy groups -OCH3 is 1. The number of alkyl carbamates (subject to hydrolysis) is 1. The first-order chi connectivity index (χ1) is 17.4. The molecule has 0 aliphatic rings. The summed E-state index contributed by atoms with van der Waals surface area (Å²) in [5, 5.41) is 5.39. The first-order valence-electron chi connectivity index (χ1n) is 12.0. The Morgan fingerprint density at radius 1 is 1.00 bits per heavy atom. The molecule has 0 heterocycles. The fourth-order valence-electron chi connectivity index (χ4n) is 3.65. The Morgan fingerprint density at radius 2 is 1.62 bits per heavy atom. The summed E-state index contributed by atoms with van der Waals surface area (Å²) in [4.78, 5) is 52.6. The molecule has 4 amide bonds. The molecule has 10 nitrogen and oxygen atoms in total. The highest BCUT2D eigenvalue weighted by molar-refractivity contribution is 5.99. The van der Waals surface area contributed by atoms with Crippen LogP contribution in [0.1, 0.15) is 52.1 Å². The average Bonchev–Trinajstić information content (AvgIpc) is 2.84. The number of primary amides is 1. The average molecular weight is 513 g/mol. The maximum atomic E-state index is 13.8. The summed E-state index contributed by atoms with van der Waals surface area (Å²) in [5.41, 5.74) is 5.61. The van der Waals surface area contributed by atoms with Gasteiger partial charge in [0.2, 0.25) is 11.8 Å². The Morgan fingerprint density at radius 3 is 2.14 bits per heavy atom. The quantitative estimate of drug-likeness (QED) is 0.422. The van der Waals surface area contributed by atoms with Crippen LogP contribution in [0.5, 0.6) is 5.75 Å². The minimum absolute atomic E-state index is 0.0501. The van der Waals surface area contributed by atoms with Crippen LogP contribution in [-0.2, 0) is 19.1 Å². The highest BCUT2D eigenvalue weighted by Crippen LogP contribution is 2.25. The molecular weight excluding hydrogens is 476 g/mol. The van der Waals surface area contributed by atoms with Gasteiger partial charge in [0.1, 0.15) is 23.4 Å². The van der Waals surface area contributed by atoms with Crippen molar-refractivity contribution in [2.75, 3.05) is 19.0 Å². The first-order valence-corrected chi connectivity index (χ1v) is 12.0. The van der Waals surface area contributed by atoms with E-state index in [1.807, 2.05) is 0 Å². The number of carbonyl (C=O) groups excluding carboxylic acids is 4. The summed E-state index contributed by atoms with van der Waals surface area (Å²) in [6.07, 6.45) is -1.01. The monoisotopic (exact) mass is 512 g/mol. The summed E-state index contributed by atoms with van der Waals surface area (Å²) in [7, 11) is 1.55. The number of nitrogens with two attached hydrogens (primary N) is 1. The van der Waals surface area contributed by atoms with E-state index in [1.54, 1.807) is 89.4 Å². The lowest BCUT2D eigenvalue weighted by atomic mass is 10.0. The fraction of sp³-hybridized carbons (Fsp3) is 0.407. The van der Waals surface area contributed by atoms with Crippen molar-refractivity contribution in [1.82, 2.24) is 10.2 Å². The smallest absolute Gasteiger partial charge is 0.408 e. The lowest BCUT2D eigenvalue weighted by Crippen LogP contribution is -2.52. The van der Waals surface area contributed by atoms with Gasteiger partial charge in [-0.3, -0.25) is 14.4 Å². The number of carbonyl (C=O) groups is 4. The zero-order chi connectivity index (χ0) is 27.6. The van der Waals surface area contributed by atoms with E-state index in [0.29, 0.717) is 17.0 Å². The second-order valence-electron chi connectivity index (χ2n) is 9.36. The molecule has 0 bridgehead atoms. The second-order valence-corrected chi connectivity index (χ2v) is 9.36. The molecule has 4 N–H and O–H groups in total. The third-order valence-corrected chi connectivity index (χ3v) is 5.33. The SMILES string of the molecule is CCN(C(=O)C(CCC(N)=O)NC(=O)OC(C)(C)C)C(C(=O)Nc1ccc(OC)cc1)c1ccccc1. The molecule has 37 heavy (non-hydrogen) atoms. The van der Waals surface area contributed by atoms with Crippen LogP contribution in [0.15, 0.2) is 54.6 Å². The second kappa shape index (κ2) is 13.3. The maximum absolute atomic E-state index is 13.8. The van der Waals surface area contributed by atoms with Gasteiger partial charge in [-0.1, -0.05) is 30.3 Å². The van der Waals surface area contributed by atoms with Crippen LogP contribution in [0.25, 0.3) is 0 Å². The van der Waals surface area contributed by atoms with Crippen LogP contribution in [0.4, 0.5) is 10.5 Å². The zero-order valence-corrected chi connectivity index (χ0v) is 21.9. The van der Waals surface area contributed by atoms with Crippen molar-refractivity contribution < 1.29 is 28.7 Å². The van der Waals surface area contributed by atoms with Crippen LogP contribution in [0.3, 0.4) is 0 Å². The topological polar surface area (TPSA) is 140 Å². The van der Waals surface area contributed by atoms with E-state index in [1.165, 1.54) is 4.90 Å². The van der Waals surface area contributed by atoms with Gasteiger partial charge >= 0.3 is 6.09 Å². The highest BCUT2D eigenvalue weighted by Gasteiger charge is 2.35. The number of ether oxygens (including phenoxy) is 2. The van der Waals surface area contributed by atoms with E-state index in [4.69, 9.17) is 15.2 Å². The van der Waals surface area contributed by atoms with E-state index < -0.39 is 41.5 Å². The van der Waals surface area contributed by atoms with Crippen molar-refractivity contribution in [2.45, 2.75) is 58.2 Å². The van der Waals surface area contributed by atoms with Gasteiger partial charge < -0.3 is 30.7 Å². The molecule has 10 heteroatoms. The Labute approximate surface area is 217 Å². The minimum Gasteiger partial charge on any atom is -0.497 e. The summed E-state index contributed by atoms with van der Waals surface area (Å²) in [6.45, 7) is 6.96. The lowest BCUT2D eigenvalue weighted by molar-refractivity contribution is -0.140. The summed E-state index contributed by atoms with van der Waals surface area (Å²) >= 11 is 0. The van der Waals surface area contributed by atoms with E-state index in [-0.39, 0.29) is 19.4 Å². The van der Waals surface area contributed by atoms with Crippen molar-refractivity contribution in [3.63, 3.8) is 0 Å². The Kier molecular flexibility index (Phi) is 10.5. The van der Waals surface area contributed by atoms with Gasteiger partial charge in [0.05, 0.1) is 7.11 Å². The highest BCUT2D eigenvalue weighted by atomic mass is 16.6. The largest absolute Gasteiger partial charge is 0.497 e. The van der Waals surface area contributed by atoms with Crippen LogP contribution in [0, 0.1) is 0 Å². The molecule has 2 aromatic rings. The number of nitrogens with one attached hydrogen (secondary N) is 2. The minimum atomic E-state index is -1.14. The molecular formula is C27H36N4O6. The van der Waals surface area contributed by atoms with Gasteiger partial charge in [0, 0.05) is 18.7 Å². The van der Waals surface area contributed by atoms with Gasteiger partial charge in [-0.2, -0.15) is 0 Å². The van der Waals surface area contributed by atoms with Crippen molar-refractivity contribution in [2.24, 2.45) is 5.73 Å². The van der Waals surface area contributed by atoms with E-state index >= 15 is 0 Å². The number of hydrogen-bond acceptors (Lipinski definition) is 6. The maximum Gasteiger partial charge on any atom is 0.408 e. The third kappa shape index (κ3) is 9.14. The van der Waals surface area contributed by atoms with Crippen LogP contribution in [0.2, 0.25) is 0 Å². The molecule has 0 aromatic heterocycles. The predicted molar refractivity (Wildman–Crippen MR) is 140 cm³/mol. The molecule has 2 aromatic carbocycles. The third-order valence-electron chi connectivity index (χ3n) is 5.33. The summed E-state index contributed by atoms with van der Waals surface area (Å²) in [5.74, 6) is -0.983. The summed E-state index contributed by atoms with van der Waals surface area (Å²) in [6, 6.07) is 13.5. The molecule has 0 aliphatic carbocycles. The van der Waals surface area contributed by atoms with Gasteiger partial charge in [-0.05, 0) is 63.9 Å².